The summed E-state index contributed by atoms with van der Waals surface area (Å²) in [6, 6.07) is 0. The van der Waals surface area contributed by atoms with Crippen LogP contribution in [0.1, 0.15) is 6.92 Å². The summed E-state index contributed by atoms with van der Waals surface area (Å²) in [7, 11) is 0. The zero-order valence-corrected chi connectivity index (χ0v) is 10.1. The molecule has 1 rings (SSSR count). The Morgan fingerprint density at radius 1 is 1.28 bits per heavy atom. The third kappa shape index (κ3) is 3.48. The lowest BCUT2D eigenvalue weighted by Crippen LogP contribution is -2.59. The SMILES string of the molecule is C=C[C@](C)(O)CO[C@@H]1O[C@H](CO)[C@@H](O)[C@H](O)[C@H]1O. The first kappa shape index (κ1) is 15.5. The lowest BCUT2D eigenvalue weighted by atomic mass is 9.99. The van der Waals surface area contributed by atoms with Crippen LogP contribution in [0.15, 0.2) is 12.7 Å². The first-order valence-corrected chi connectivity index (χ1v) is 5.60. The number of rotatable bonds is 5. The second-order valence-corrected chi connectivity index (χ2v) is 4.57. The average Bonchev–Trinajstić information content (AvgIpc) is 2.35. The Hall–Kier alpha value is -0.540. The van der Waals surface area contributed by atoms with Gasteiger partial charge in [0.05, 0.1) is 13.2 Å². The van der Waals surface area contributed by atoms with Gasteiger partial charge in [0, 0.05) is 0 Å². The fourth-order valence-electron chi connectivity index (χ4n) is 1.51. The molecular weight excluding hydrogens is 244 g/mol. The second kappa shape index (κ2) is 6.07. The average molecular weight is 264 g/mol. The maximum atomic E-state index is 9.64. The molecule has 5 N–H and O–H groups in total. The van der Waals surface area contributed by atoms with E-state index in [1.165, 1.54) is 13.0 Å². The monoisotopic (exact) mass is 264 g/mol. The van der Waals surface area contributed by atoms with Crippen LogP contribution in [-0.4, -0.2) is 75.1 Å². The number of aliphatic hydroxyl groups excluding tert-OH is 4. The molecule has 0 bridgehead atoms. The molecule has 1 fully saturated rings. The fraction of sp³-hybridized carbons (Fsp3) is 0.818. The molecule has 0 spiro atoms. The van der Waals surface area contributed by atoms with Gasteiger partial charge in [-0.3, -0.25) is 0 Å². The highest BCUT2D eigenvalue weighted by atomic mass is 16.7. The van der Waals surface area contributed by atoms with Crippen LogP contribution >= 0.6 is 0 Å². The predicted octanol–water partition coefficient (Wildman–Crippen LogP) is -2.26. The van der Waals surface area contributed by atoms with E-state index >= 15 is 0 Å². The highest BCUT2D eigenvalue weighted by Gasteiger charge is 2.44. The van der Waals surface area contributed by atoms with Gasteiger partial charge in [-0.1, -0.05) is 6.08 Å². The summed E-state index contributed by atoms with van der Waals surface area (Å²) in [4.78, 5) is 0. The van der Waals surface area contributed by atoms with E-state index in [9.17, 15) is 20.4 Å². The topological polar surface area (TPSA) is 120 Å². The van der Waals surface area contributed by atoms with Gasteiger partial charge in [-0.15, -0.1) is 6.58 Å². The van der Waals surface area contributed by atoms with Crippen LogP contribution in [0.5, 0.6) is 0 Å². The lowest BCUT2D eigenvalue weighted by molar-refractivity contribution is -0.306. The van der Waals surface area contributed by atoms with Crippen LogP contribution in [0.2, 0.25) is 0 Å². The van der Waals surface area contributed by atoms with Crippen molar-refractivity contribution in [2.45, 2.75) is 43.2 Å². The fourth-order valence-corrected chi connectivity index (χ4v) is 1.51. The molecule has 1 aliphatic heterocycles. The molecule has 106 valence electrons. The Morgan fingerprint density at radius 2 is 1.89 bits per heavy atom. The maximum Gasteiger partial charge on any atom is 0.186 e. The molecule has 0 unspecified atom stereocenters. The summed E-state index contributed by atoms with van der Waals surface area (Å²) in [5.74, 6) is 0. The van der Waals surface area contributed by atoms with E-state index in [-0.39, 0.29) is 6.61 Å². The summed E-state index contributed by atoms with van der Waals surface area (Å²) in [6.07, 6.45) is -5.39. The van der Waals surface area contributed by atoms with Gasteiger partial charge < -0.3 is 35.0 Å². The van der Waals surface area contributed by atoms with E-state index in [1.807, 2.05) is 0 Å². The summed E-state index contributed by atoms with van der Waals surface area (Å²) in [5.41, 5.74) is -1.31. The number of hydrogen-bond acceptors (Lipinski definition) is 7. The number of aliphatic hydroxyl groups is 5. The summed E-state index contributed by atoms with van der Waals surface area (Å²) in [5, 5.41) is 47.3. The minimum absolute atomic E-state index is 0.209. The highest BCUT2D eigenvalue weighted by Crippen LogP contribution is 2.22. The Bertz CT molecular complexity index is 279. The van der Waals surface area contributed by atoms with Crippen LogP contribution < -0.4 is 0 Å². The molecule has 1 saturated heterocycles. The van der Waals surface area contributed by atoms with E-state index in [0.717, 1.165) is 0 Å². The molecule has 0 saturated carbocycles. The molecule has 0 aromatic carbocycles. The Balaban J connectivity index is 2.62. The summed E-state index contributed by atoms with van der Waals surface area (Å²) < 4.78 is 10.2. The molecule has 18 heavy (non-hydrogen) atoms. The highest BCUT2D eigenvalue weighted by molar-refractivity contribution is 4.93. The smallest absolute Gasteiger partial charge is 0.186 e. The van der Waals surface area contributed by atoms with Gasteiger partial charge in [0.2, 0.25) is 0 Å². The zero-order valence-electron chi connectivity index (χ0n) is 10.1. The van der Waals surface area contributed by atoms with Gasteiger partial charge in [-0.2, -0.15) is 0 Å². The quantitative estimate of drug-likeness (QED) is 0.355. The van der Waals surface area contributed by atoms with Gasteiger partial charge in [-0.05, 0) is 6.92 Å². The molecule has 7 nitrogen and oxygen atoms in total. The standard InChI is InChI=1S/C11H20O7/c1-3-11(2,16)5-17-10-9(15)8(14)7(13)6(4-12)18-10/h3,6-10,12-16H,1,4-5H2,2H3/t6-,7-,8+,9-,10-,11+/m1/s1. The number of ether oxygens (including phenoxy) is 2. The zero-order chi connectivity index (χ0) is 13.9. The molecule has 0 radical (unpaired) electrons. The van der Waals surface area contributed by atoms with Crippen LogP contribution in [0.4, 0.5) is 0 Å². The van der Waals surface area contributed by atoms with E-state index in [2.05, 4.69) is 6.58 Å². The van der Waals surface area contributed by atoms with Crippen LogP contribution in [-0.2, 0) is 9.47 Å². The van der Waals surface area contributed by atoms with Crippen molar-refractivity contribution < 1.29 is 35.0 Å². The third-order valence-corrected chi connectivity index (χ3v) is 2.83. The molecule has 1 aliphatic rings. The van der Waals surface area contributed by atoms with Crippen LogP contribution in [0.25, 0.3) is 0 Å². The molecule has 0 amide bonds. The number of hydrogen-bond donors (Lipinski definition) is 5. The van der Waals surface area contributed by atoms with Crippen molar-refractivity contribution >= 4 is 0 Å². The van der Waals surface area contributed by atoms with Crippen LogP contribution in [0, 0.1) is 0 Å². The van der Waals surface area contributed by atoms with Crippen molar-refractivity contribution in [2.24, 2.45) is 0 Å². The minimum Gasteiger partial charge on any atom is -0.394 e. The van der Waals surface area contributed by atoms with Crippen LogP contribution in [0.3, 0.4) is 0 Å². The van der Waals surface area contributed by atoms with E-state index in [0.29, 0.717) is 0 Å². The Morgan fingerprint density at radius 3 is 2.39 bits per heavy atom. The largest absolute Gasteiger partial charge is 0.394 e. The van der Waals surface area contributed by atoms with Gasteiger partial charge in [0.25, 0.3) is 0 Å². The molecule has 1 heterocycles. The summed E-state index contributed by atoms with van der Waals surface area (Å²) >= 11 is 0. The first-order chi connectivity index (χ1) is 8.32. The van der Waals surface area contributed by atoms with Gasteiger partial charge in [-0.25, -0.2) is 0 Å². The van der Waals surface area contributed by atoms with E-state index in [4.69, 9.17) is 14.6 Å². The van der Waals surface area contributed by atoms with E-state index < -0.39 is 42.9 Å². The third-order valence-electron chi connectivity index (χ3n) is 2.83. The minimum atomic E-state index is -1.49. The molecular formula is C11H20O7. The molecule has 0 aromatic rings. The lowest BCUT2D eigenvalue weighted by Gasteiger charge is -2.40. The van der Waals surface area contributed by atoms with Gasteiger partial charge >= 0.3 is 0 Å². The van der Waals surface area contributed by atoms with Gasteiger partial charge in [0.1, 0.15) is 30.0 Å². The van der Waals surface area contributed by atoms with E-state index in [1.54, 1.807) is 0 Å². The van der Waals surface area contributed by atoms with Crippen molar-refractivity contribution in [1.82, 2.24) is 0 Å². The maximum absolute atomic E-state index is 9.64. The van der Waals surface area contributed by atoms with Crippen molar-refractivity contribution in [3.63, 3.8) is 0 Å². The first-order valence-electron chi connectivity index (χ1n) is 5.60. The van der Waals surface area contributed by atoms with Crippen molar-refractivity contribution in [3.8, 4) is 0 Å². The summed E-state index contributed by atoms with van der Waals surface area (Å²) in [6.45, 7) is 4.12. The normalized spacial score (nSPS) is 40.2. The molecule has 0 aliphatic carbocycles. The van der Waals surface area contributed by atoms with Gasteiger partial charge in [0.15, 0.2) is 6.29 Å². The Kier molecular flexibility index (Phi) is 5.23. The van der Waals surface area contributed by atoms with Crippen molar-refractivity contribution in [3.05, 3.63) is 12.7 Å². The Labute approximate surface area is 105 Å². The van der Waals surface area contributed by atoms with Crippen molar-refractivity contribution in [2.75, 3.05) is 13.2 Å². The molecule has 6 atom stereocenters. The molecule has 7 heteroatoms. The second-order valence-electron chi connectivity index (χ2n) is 4.57. The predicted molar refractivity (Wildman–Crippen MR) is 60.5 cm³/mol. The molecule has 0 aromatic heterocycles. The van der Waals surface area contributed by atoms with Crippen molar-refractivity contribution in [1.29, 1.82) is 0 Å².